The van der Waals surface area contributed by atoms with E-state index >= 15 is 0 Å². The number of ether oxygens (including phenoxy) is 2. The second-order valence-electron chi connectivity index (χ2n) is 7.57. The average molecular weight is 518 g/mol. The topological polar surface area (TPSA) is 95.2 Å². The maximum atomic E-state index is 14.1. The molecule has 7 nitrogen and oxygen atoms in total. The first-order chi connectivity index (χ1) is 15.9. The van der Waals surface area contributed by atoms with Crippen molar-refractivity contribution in [2.45, 2.75) is 46.4 Å². The number of nitrogen functional groups attached to an aromatic ring is 1. The Bertz CT molecular complexity index is 1240. The van der Waals surface area contributed by atoms with Gasteiger partial charge in [0.25, 0.3) is 0 Å². The fraction of sp³-hybridized carbons (Fsp3) is 0.409. The highest BCUT2D eigenvalue weighted by Gasteiger charge is 2.39. The Morgan fingerprint density at radius 2 is 1.82 bits per heavy atom. The summed E-state index contributed by atoms with van der Waals surface area (Å²) in [6, 6.07) is 1.12. The Hall–Kier alpha value is -2.72. The number of hydrogen-bond acceptors (Lipinski definition) is 7. The quantitative estimate of drug-likeness (QED) is 0.344. The molecule has 0 fully saturated rings. The van der Waals surface area contributed by atoms with Crippen LogP contribution in [0.5, 0.6) is 11.9 Å². The van der Waals surface area contributed by atoms with Gasteiger partial charge in [-0.3, -0.25) is 0 Å². The van der Waals surface area contributed by atoms with E-state index < -0.39 is 17.3 Å². The molecule has 3 rings (SSSR count). The number of nitrogens with zero attached hydrogens (tertiary/aromatic N) is 3. The molecule has 34 heavy (non-hydrogen) atoms. The second kappa shape index (κ2) is 9.87. The standard InChI is InChI=1S/C22H24Cl2F3N5O2/c1-6-10(4)34-20-13-18(31-21(33-5)32-19(13)29-7-2)16(24)17(30-20)12-14(22(25,26)27)9(3)8-11(28)15(12)23/h8,10H,6-7,28H2,1-5H3,(H,29,31,32). The highest BCUT2D eigenvalue weighted by Crippen LogP contribution is 2.49. The first-order valence-corrected chi connectivity index (χ1v) is 11.2. The van der Waals surface area contributed by atoms with Crippen LogP contribution in [0.25, 0.3) is 22.2 Å². The lowest BCUT2D eigenvalue weighted by molar-refractivity contribution is -0.137. The van der Waals surface area contributed by atoms with Crippen LogP contribution in [0.15, 0.2) is 6.07 Å². The second-order valence-corrected chi connectivity index (χ2v) is 8.33. The highest BCUT2D eigenvalue weighted by molar-refractivity contribution is 6.40. The molecule has 0 aliphatic rings. The van der Waals surface area contributed by atoms with Crippen LogP contribution in [0.3, 0.4) is 0 Å². The minimum Gasteiger partial charge on any atom is -0.474 e. The lowest BCUT2D eigenvalue weighted by atomic mass is 9.96. The van der Waals surface area contributed by atoms with Gasteiger partial charge in [-0.1, -0.05) is 30.1 Å². The van der Waals surface area contributed by atoms with Crippen LogP contribution in [0, 0.1) is 6.92 Å². The lowest BCUT2D eigenvalue weighted by Crippen LogP contribution is -2.15. The molecule has 0 saturated carbocycles. The van der Waals surface area contributed by atoms with E-state index in [1.165, 1.54) is 14.0 Å². The van der Waals surface area contributed by atoms with Crippen LogP contribution in [-0.4, -0.2) is 34.7 Å². The van der Waals surface area contributed by atoms with Gasteiger partial charge in [-0.15, -0.1) is 0 Å². The zero-order valence-corrected chi connectivity index (χ0v) is 20.7. The molecular formula is C22H24Cl2F3N5O2. The molecule has 0 radical (unpaired) electrons. The fourth-order valence-electron chi connectivity index (χ4n) is 3.44. The Morgan fingerprint density at radius 1 is 1.15 bits per heavy atom. The number of methoxy groups -OCH3 is 1. The summed E-state index contributed by atoms with van der Waals surface area (Å²) in [5.74, 6) is 0.320. The molecule has 2 heterocycles. The van der Waals surface area contributed by atoms with E-state index in [4.69, 9.17) is 38.4 Å². The monoisotopic (exact) mass is 517 g/mol. The van der Waals surface area contributed by atoms with Gasteiger partial charge in [-0.2, -0.15) is 23.1 Å². The third-order valence-corrected chi connectivity index (χ3v) is 5.92. The molecule has 2 aromatic heterocycles. The predicted octanol–water partition coefficient (Wildman–Crippen LogP) is 6.53. The van der Waals surface area contributed by atoms with Crippen molar-refractivity contribution in [3.05, 3.63) is 27.2 Å². The Kier molecular flexibility index (Phi) is 7.52. The largest absolute Gasteiger partial charge is 0.474 e. The van der Waals surface area contributed by atoms with Crippen molar-refractivity contribution >= 4 is 45.6 Å². The molecule has 0 aliphatic heterocycles. The average Bonchev–Trinajstić information content (AvgIpc) is 2.76. The fourth-order valence-corrected chi connectivity index (χ4v) is 3.95. The summed E-state index contributed by atoms with van der Waals surface area (Å²) in [6.45, 7) is 7.32. The molecule has 0 amide bonds. The van der Waals surface area contributed by atoms with E-state index in [1.807, 2.05) is 13.8 Å². The van der Waals surface area contributed by atoms with Crippen LogP contribution in [0.2, 0.25) is 10.0 Å². The predicted molar refractivity (Wildman–Crippen MR) is 128 cm³/mol. The van der Waals surface area contributed by atoms with Crippen molar-refractivity contribution in [1.82, 2.24) is 15.0 Å². The number of aryl methyl sites for hydroxylation is 1. The molecule has 12 heteroatoms. The molecule has 1 aromatic carbocycles. The molecule has 184 valence electrons. The number of anilines is 2. The lowest BCUT2D eigenvalue weighted by Gasteiger charge is -2.22. The minimum atomic E-state index is -4.76. The van der Waals surface area contributed by atoms with E-state index in [0.717, 1.165) is 6.07 Å². The number of hydrogen-bond donors (Lipinski definition) is 2. The number of nitrogens with one attached hydrogen (secondary N) is 1. The number of nitrogens with two attached hydrogens (primary N) is 1. The summed E-state index contributed by atoms with van der Waals surface area (Å²) in [7, 11) is 1.36. The van der Waals surface area contributed by atoms with Crippen molar-refractivity contribution in [1.29, 1.82) is 0 Å². The van der Waals surface area contributed by atoms with Crippen molar-refractivity contribution in [3.8, 4) is 23.1 Å². The molecule has 3 N–H and O–H groups in total. The van der Waals surface area contributed by atoms with Gasteiger partial charge in [0, 0.05) is 12.1 Å². The van der Waals surface area contributed by atoms with Crippen LogP contribution < -0.4 is 20.5 Å². The SMILES string of the molecule is CCNc1nc(OC)nc2c(Cl)c(-c3c(Cl)c(N)cc(C)c3C(F)(F)F)nc(OC(C)CC)c12. The van der Waals surface area contributed by atoms with E-state index in [-0.39, 0.29) is 50.5 Å². The van der Waals surface area contributed by atoms with Crippen LogP contribution in [0.1, 0.15) is 38.3 Å². The Morgan fingerprint density at radius 3 is 2.38 bits per heavy atom. The van der Waals surface area contributed by atoms with Crippen molar-refractivity contribution in [3.63, 3.8) is 0 Å². The van der Waals surface area contributed by atoms with Gasteiger partial charge >= 0.3 is 12.2 Å². The molecule has 3 aromatic rings. The third-order valence-electron chi connectivity index (χ3n) is 5.16. The van der Waals surface area contributed by atoms with Gasteiger partial charge in [0.05, 0.1) is 40.2 Å². The summed E-state index contributed by atoms with van der Waals surface area (Å²) in [4.78, 5) is 13.0. The van der Waals surface area contributed by atoms with E-state index in [1.54, 1.807) is 6.92 Å². The first-order valence-electron chi connectivity index (χ1n) is 10.5. The van der Waals surface area contributed by atoms with Crippen molar-refractivity contribution in [2.75, 3.05) is 24.7 Å². The first kappa shape index (κ1) is 25.9. The zero-order valence-electron chi connectivity index (χ0n) is 19.2. The van der Waals surface area contributed by atoms with Gasteiger partial charge in [0.2, 0.25) is 5.88 Å². The molecule has 0 spiro atoms. The summed E-state index contributed by atoms with van der Waals surface area (Å²) < 4.78 is 53.6. The number of benzene rings is 1. The number of rotatable bonds is 7. The Labute approximate surface area is 204 Å². The van der Waals surface area contributed by atoms with Gasteiger partial charge in [-0.05, 0) is 38.8 Å². The minimum absolute atomic E-state index is 0.00613. The number of halogens is 5. The number of pyridine rings is 1. The summed E-state index contributed by atoms with van der Waals surface area (Å²) in [5.41, 5.74) is 4.15. The van der Waals surface area contributed by atoms with Gasteiger partial charge in [0.15, 0.2) is 0 Å². The number of fused-ring (bicyclic) bond motifs is 1. The Balaban J connectivity index is 2.54. The maximum absolute atomic E-state index is 14.1. The van der Waals surface area contributed by atoms with Crippen LogP contribution >= 0.6 is 23.2 Å². The summed E-state index contributed by atoms with van der Waals surface area (Å²) >= 11 is 13.0. The van der Waals surface area contributed by atoms with Crippen LogP contribution in [0.4, 0.5) is 24.7 Å². The molecular weight excluding hydrogens is 494 g/mol. The molecule has 1 unspecified atom stereocenters. The van der Waals surface area contributed by atoms with E-state index in [0.29, 0.717) is 24.2 Å². The molecule has 0 saturated heterocycles. The zero-order chi connectivity index (χ0) is 25.4. The number of alkyl halides is 3. The van der Waals surface area contributed by atoms with Crippen LogP contribution in [-0.2, 0) is 6.18 Å². The van der Waals surface area contributed by atoms with E-state index in [2.05, 4.69) is 20.3 Å². The summed E-state index contributed by atoms with van der Waals surface area (Å²) in [6.07, 6.45) is -4.46. The highest BCUT2D eigenvalue weighted by atomic mass is 35.5. The third kappa shape index (κ3) is 4.74. The maximum Gasteiger partial charge on any atom is 0.417 e. The summed E-state index contributed by atoms with van der Waals surface area (Å²) in [5, 5.41) is 2.88. The molecule has 0 aliphatic carbocycles. The van der Waals surface area contributed by atoms with Gasteiger partial charge in [0.1, 0.15) is 16.7 Å². The van der Waals surface area contributed by atoms with Crippen molar-refractivity contribution < 1.29 is 22.6 Å². The van der Waals surface area contributed by atoms with Crippen molar-refractivity contribution in [2.24, 2.45) is 0 Å². The number of aromatic nitrogens is 3. The van der Waals surface area contributed by atoms with Gasteiger partial charge in [-0.25, -0.2) is 4.98 Å². The van der Waals surface area contributed by atoms with E-state index in [9.17, 15) is 13.2 Å². The van der Waals surface area contributed by atoms with Gasteiger partial charge < -0.3 is 20.5 Å². The molecule has 1 atom stereocenters. The normalized spacial score (nSPS) is 12.6. The molecule has 0 bridgehead atoms. The smallest absolute Gasteiger partial charge is 0.417 e.